The summed E-state index contributed by atoms with van der Waals surface area (Å²) in [6.07, 6.45) is 3.77. The molecule has 0 aromatic carbocycles. The van der Waals surface area contributed by atoms with Crippen molar-refractivity contribution in [1.82, 2.24) is 0 Å². The van der Waals surface area contributed by atoms with E-state index in [9.17, 15) is 0 Å². The maximum atomic E-state index is 3.67. The van der Waals surface area contributed by atoms with E-state index < -0.39 is 0 Å². The first kappa shape index (κ1) is 5.63. The van der Waals surface area contributed by atoms with Gasteiger partial charge in [0.2, 0.25) is 0 Å². The molecule has 0 saturated carbocycles. The van der Waals surface area contributed by atoms with Gasteiger partial charge in [-0.1, -0.05) is 28.1 Å². The normalized spacial score (nSPS) is 9.12. The Balaban J connectivity index is 3.08. The Morgan fingerprint density at radius 1 is 1.62 bits per heavy atom. The van der Waals surface area contributed by atoms with Gasteiger partial charge >= 0.3 is 0 Å². The van der Waals surface area contributed by atoms with Crippen molar-refractivity contribution in [2.45, 2.75) is 0 Å². The van der Waals surface area contributed by atoms with Crippen molar-refractivity contribution in [3.63, 3.8) is 0 Å². The number of hydrogen-bond acceptors (Lipinski definition) is 0. The van der Waals surface area contributed by atoms with Gasteiger partial charge in [0.15, 0.2) is 0 Å². The summed E-state index contributed by atoms with van der Waals surface area (Å²) in [6, 6.07) is 3.89. The molecule has 2 heteroatoms. The molecule has 0 fully saturated rings. The number of nitrogens with zero attached hydrogens (tertiary/aromatic N) is 1. The largest absolute Gasteiger partial charge is 0.339 e. The summed E-state index contributed by atoms with van der Waals surface area (Å²) in [5, 5.41) is 0. The zero-order valence-corrected chi connectivity index (χ0v) is 5.93. The van der Waals surface area contributed by atoms with Crippen molar-refractivity contribution in [3.05, 3.63) is 36.0 Å². The number of pyridine rings is 1. The van der Waals surface area contributed by atoms with Gasteiger partial charge in [-0.3, -0.25) is 0 Å². The van der Waals surface area contributed by atoms with E-state index in [1.807, 2.05) is 24.5 Å². The molecule has 0 spiro atoms. The molecule has 1 heterocycles. The number of hydrogen-bond donors (Lipinski definition) is 0. The third kappa shape index (κ3) is 1.23. The molecule has 0 aliphatic carbocycles. The maximum Gasteiger partial charge on any atom is 0.0832 e. The van der Waals surface area contributed by atoms with Crippen LogP contribution in [0.3, 0.4) is 0 Å². The van der Waals surface area contributed by atoms with Crippen molar-refractivity contribution >= 4 is 15.9 Å². The van der Waals surface area contributed by atoms with Crippen LogP contribution in [0.25, 0.3) is 0 Å². The molecule has 0 N–H and O–H groups in total. The molecule has 0 atom stereocenters. The van der Waals surface area contributed by atoms with E-state index in [4.69, 9.17) is 0 Å². The zero-order valence-electron chi connectivity index (χ0n) is 4.34. The van der Waals surface area contributed by atoms with Crippen LogP contribution in [0.5, 0.6) is 0 Å². The second-order valence-electron chi connectivity index (χ2n) is 1.54. The summed E-state index contributed by atoms with van der Waals surface area (Å²) < 4.78 is 2.79. The Kier molecular flexibility index (Phi) is 1.53. The van der Waals surface area contributed by atoms with Crippen LogP contribution in [-0.2, 0) is 0 Å². The monoisotopic (exact) mass is 171 g/mol. The van der Waals surface area contributed by atoms with E-state index in [0.717, 1.165) is 4.47 Å². The molecule has 1 aromatic rings. The van der Waals surface area contributed by atoms with E-state index in [1.165, 1.54) is 0 Å². The van der Waals surface area contributed by atoms with Gasteiger partial charge in [0, 0.05) is 11.5 Å². The van der Waals surface area contributed by atoms with Crippen molar-refractivity contribution in [2.75, 3.05) is 0 Å². The van der Waals surface area contributed by atoms with Crippen LogP contribution < -0.4 is 4.57 Å². The lowest BCUT2D eigenvalue weighted by Gasteiger charge is -1.92. The highest BCUT2D eigenvalue weighted by molar-refractivity contribution is 9.10. The third-order valence-corrected chi connectivity index (χ3v) is 1.29. The van der Waals surface area contributed by atoms with Gasteiger partial charge in [-0.25, -0.2) is 0 Å². The first-order valence-corrected chi connectivity index (χ1v) is 3.06. The van der Waals surface area contributed by atoms with Crippen LogP contribution in [0.15, 0.2) is 29.0 Å². The van der Waals surface area contributed by atoms with E-state index in [2.05, 4.69) is 23.0 Å². The van der Waals surface area contributed by atoms with Crippen LogP contribution in [0.2, 0.25) is 0 Å². The number of halogens is 1. The van der Waals surface area contributed by atoms with Gasteiger partial charge < -0.3 is 4.57 Å². The molecule has 1 aromatic heterocycles. The van der Waals surface area contributed by atoms with Gasteiger partial charge in [-0.05, 0) is 0 Å². The lowest BCUT2D eigenvalue weighted by Crippen LogP contribution is -2.22. The summed E-state index contributed by atoms with van der Waals surface area (Å²) >= 11 is 3.30. The average molecular weight is 172 g/mol. The van der Waals surface area contributed by atoms with Gasteiger partial charge in [0.1, 0.15) is 0 Å². The fraction of sp³-hybridized carbons (Fsp3) is 0. The van der Waals surface area contributed by atoms with Crippen LogP contribution in [0.4, 0.5) is 0 Å². The predicted octanol–water partition coefficient (Wildman–Crippen LogP) is 1.38. The van der Waals surface area contributed by atoms with E-state index in [1.54, 1.807) is 4.57 Å². The fourth-order valence-corrected chi connectivity index (χ4v) is 0.906. The molecule has 8 heavy (non-hydrogen) atoms. The Labute approximate surface area is 57.1 Å². The number of rotatable bonds is 0. The summed E-state index contributed by atoms with van der Waals surface area (Å²) in [5.74, 6) is 0. The van der Waals surface area contributed by atoms with Crippen molar-refractivity contribution in [1.29, 1.82) is 0 Å². The van der Waals surface area contributed by atoms with Crippen LogP contribution >= 0.6 is 15.9 Å². The molecular formula is C6H6BrN. The highest BCUT2D eigenvalue weighted by Crippen LogP contribution is 2.02. The maximum absolute atomic E-state index is 3.67. The SMILES string of the molecule is [CH2-][n+]1cccc(Br)c1. The Morgan fingerprint density at radius 3 is 2.75 bits per heavy atom. The highest BCUT2D eigenvalue weighted by Gasteiger charge is 1.81. The summed E-state index contributed by atoms with van der Waals surface area (Å²) in [5.41, 5.74) is 0. The third-order valence-electron chi connectivity index (χ3n) is 0.822. The molecule has 0 unspecified atom stereocenters. The summed E-state index contributed by atoms with van der Waals surface area (Å²) in [6.45, 7) is 0. The number of aromatic nitrogens is 1. The van der Waals surface area contributed by atoms with E-state index >= 15 is 0 Å². The quantitative estimate of drug-likeness (QED) is 0.411. The first-order valence-electron chi connectivity index (χ1n) is 2.27. The molecule has 1 rings (SSSR count). The van der Waals surface area contributed by atoms with E-state index in [-0.39, 0.29) is 0 Å². The highest BCUT2D eigenvalue weighted by atomic mass is 79.9. The Hall–Kier alpha value is -0.500. The van der Waals surface area contributed by atoms with Crippen molar-refractivity contribution < 1.29 is 4.57 Å². The minimum Gasteiger partial charge on any atom is -0.339 e. The Morgan fingerprint density at radius 2 is 2.38 bits per heavy atom. The minimum absolute atomic E-state index is 1.05. The minimum atomic E-state index is 1.05. The Bertz CT molecular complexity index is 168. The second kappa shape index (κ2) is 2.18. The molecule has 0 saturated heterocycles. The fourth-order valence-electron chi connectivity index (χ4n) is 0.490. The predicted molar refractivity (Wildman–Crippen MR) is 35.1 cm³/mol. The summed E-state index contributed by atoms with van der Waals surface area (Å²) in [4.78, 5) is 0. The first-order chi connectivity index (χ1) is 3.79. The molecule has 0 aliphatic heterocycles. The second-order valence-corrected chi connectivity index (χ2v) is 2.45. The molecule has 1 nitrogen and oxygen atoms in total. The average Bonchev–Trinajstić information content (AvgIpc) is 1.64. The van der Waals surface area contributed by atoms with Crippen LogP contribution in [0.1, 0.15) is 0 Å². The molecule has 42 valence electrons. The topological polar surface area (TPSA) is 3.88 Å². The van der Waals surface area contributed by atoms with Crippen LogP contribution in [0, 0.1) is 7.05 Å². The summed E-state index contributed by atoms with van der Waals surface area (Å²) in [7, 11) is 3.67. The lowest BCUT2D eigenvalue weighted by atomic mass is 10.5. The van der Waals surface area contributed by atoms with E-state index in [0.29, 0.717) is 0 Å². The van der Waals surface area contributed by atoms with Gasteiger partial charge in [0.25, 0.3) is 0 Å². The lowest BCUT2D eigenvalue weighted by molar-refractivity contribution is -0.613. The van der Waals surface area contributed by atoms with Crippen molar-refractivity contribution in [2.24, 2.45) is 0 Å². The molecule has 0 amide bonds. The van der Waals surface area contributed by atoms with Crippen molar-refractivity contribution in [3.8, 4) is 0 Å². The van der Waals surface area contributed by atoms with Crippen LogP contribution in [-0.4, -0.2) is 0 Å². The van der Waals surface area contributed by atoms with Gasteiger partial charge in [0.05, 0.1) is 12.4 Å². The van der Waals surface area contributed by atoms with Gasteiger partial charge in [-0.2, -0.15) is 0 Å². The molecule has 0 bridgehead atoms. The molecule has 0 aliphatic rings. The zero-order chi connectivity index (χ0) is 5.98. The van der Waals surface area contributed by atoms with Gasteiger partial charge in [-0.15, -0.1) is 0 Å². The standard InChI is InChI=1S/C6H6BrN/c1-8-4-2-3-6(7)5-8/h2-5H,1H2. The molecular weight excluding hydrogens is 166 g/mol. The smallest absolute Gasteiger partial charge is 0.0832 e. The molecule has 0 radical (unpaired) electrons.